The number of aryl methyl sites for hydroxylation is 2. The molecule has 0 aliphatic heterocycles. The maximum atomic E-state index is 13.1. The van der Waals surface area contributed by atoms with Gasteiger partial charge in [-0.25, -0.2) is 18.0 Å². The Hall–Kier alpha value is -2.68. The van der Waals surface area contributed by atoms with E-state index in [2.05, 4.69) is 11.6 Å². The van der Waals surface area contributed by atoms with Gasteiger partial charge in [-0.1, -0.05) is 62.9 Å². The summed E-state index contributed by atoms with van der Waals surface area (Å²) in [7, 11) is -3.98. The van der Waals surface area contributed by atoms with Gasteiger partial charge in [0.05, 0.1) is 9.92 Å². The van der Waals surface area contributed by atoms with Crippen molar-refractivity contribution in [2.75, 3.05) is 0 Å². The lowest BCUT2D eigenvalue weighted by atomic mass is 10.0. The highest BCUT2D eigenvalue weighted by Crippen LogP contribution is 2.32. The Bertz CT molecular complexity index is 1370. The van der Waals surface area contributed by atoms with Gasteiger partial charge in [-0.3, -0.25) is 0 Å². The van der Waals surface area contributed by atoms with Crippen molar-refractivity contribution in [1.82, 2.24) is 4.72 Å². The van der Waals surface area contributed by atoms with Gasteiger partial charge in [0.15, 0.2) is 5.75 Å². The number of nitrogens with one attached hydrogen (secondary N) is 1. The second-order valence-corrected chi connectivity index (χ2v) is 10.8. The summed E-state index contributed by atoms with van der Waals surface area (Å²) in [5.41, 5.74) is 1.46. The van der Waals surface area contributed by atoms with Crippen molar-refractivity contribution in [1.29, 1.82) is 0 Å². The van der Waals surface area contributed by atoms with Crippen LogP contribution in [0.2, 0.25) is 5.02 Å². The van der Waals surface area contributed by atoms with Crippen LogP contribution < -0.4 is 15.1 Å². The molecule has 1 heterocycles. The zero-order valence-electron chi connectivity index (χ0n) is 20.3. The van der Waals surface area contributed by atoms with Gasteiger partial charge in [0.25, 0.3) is 0 Å². The van der Waals surface area contributed by atoms with E-state index in [0.29, 0.717) is 18.2 Å². The molecule has 0 amide bonds. The fourth-order valence-electron chi connectivity index (χ4n) is 3.64. The van der Waals surface area contributed by atoms with Crippen LogP contribution in [-0.4, -0.2) is 20.4 Å². The van der Waals surface area contributed by atoms with E-state index in [1.165, 1.54) is 24.3 Å². The largest absolute Gasteiger partial charge is 0.424 e. The number of rotatable bonds is 10. The van der Waals surface area contributed by atoms with Gasteiger partial charge in [0, 0.05) is 17.5 Å². The fourth-order valence-corrected chi connectivity index (χ4v) is 5.13. The zero-order valence-corrected chi connectivity index (χ0v) is 21.8. The molecule has 0 fully saturated rings. The highest BCUT2D eigenvalue weighted by atomic mass is 35.5. The molecular weight excluding hydrogens is 490 g/mol. The van der Waals surface area contributed by atoms with Crippen molar-refractivity contribution in [3.8, 4) is 5.75 Å². The third kappa shape index (κ3) is 6.51. The highest BCUT2D eigenvalue weighted by molar-refractivity contribution is 7.89. The molecule has 0 saturated carbocycles. The number of halogens is 1. The molecule has 0 unspecified atom stereocenters. The topological polar surface area (TPSA) is 103 Å². The summed E-state index contributed by atoms with van der Waals surface area (Å²) in [6.07, 6.45) is 3.06. The minimum Gasteiger partial charge on any atom is -0.424 e. The molecule has 1 aromatic heterocycles. The summed E-state index contributed by atoms with van der Waals surface area (Å²) in [6, 6.07) is 9.62. The molecule has 188 valence electrons. The van der Waals surface area contributed by atoms with E-state index in [0.717, 1.165) is 24.0 Å². The van der Waals surface area contributed by atoms with E-state index < -0.39 is 27.7 Å². The summed E-state index contributed by atoms with van der Waals surface area (Å²) in [4.78, 5) is 25.2. The Morgan fingerprint density at radius 3 is 2.46 bits per heavy atom. The van der Waals surface area contributed by atoms with Crippen LogP contribution >= 0.6 is 11.6 Å². The third-order valence-corrected chi connectivity index (χ3v) is 7.73. The molecule has 0 bridgehead atoms. The van der Waals surface area contributed by atoms with Gasteiger partial charge >= 0.3 is 11.6 Å². The molecule has 0 saturated heterocycles. The summed E-state index contributed by atoms with van der Waals surface area (Å²) in [6.45, 7) is 7.51. The number of carbonyl (C=O) groups is 1. The molecule has 3 aromatic rings. The van der Waals surface area contributed by atoms with Gasteiger partial charge in [0.1, 0.15) is 11.6 Å². The average Bonchev–Trinajstić information content (AvgIpc) is 2.81. The van der Waals surface area contributed by atoms with Crippen LogP contribution in [0.15, 0.2) is 56.6 Å². The number of hydrogen-bond acceptors (Lipinski definition) is 6. The van der Waals surface area contributed by atoms with Crippen molar-refractivity contribution in [3.63, 3.8) is 0 Å². The smallest absolute Gasteiger partial charge is 0.336 e. The summed E-state index contributed by atoms with van der Waals surface area (Å²) in [5, 5.41) is 0.822. The molecule has 35 heavy (non-hydrogen) atoms. The quantitative estimate of drug-likeness (QED) is 0.219. The standard InChI is InChI=1S/C26H30ClNO6S/c1-5-7-8-18-13-24(29)33-22-15-23(21(27)14-20(18)22)34-26(30)25(17(4)6-2)28-35(31,32)19-11-9-16(3)10-12-19/h9-15,17,25,28H,5-8H2,1-4H3/t17-,25+/m0/s1. The van der Waals surface area contributed by atoms with Crippen molar-refractivity contribution >= 4 is 38.6 Å². The number of fused-ring (bicyclic) bond motifs is 1. The first-order valence-corrected chi connectivity index (χ1v) is 13.5. The van der Waals surface area contributed by atoms with Crippen molar-refractivity contribution in [2.45, 2.75) is 64.3 Å². The molecular formula is C26H30ClNO6S. The highest BCUT2D eigenvalue weighted by Gasteiger charge is 2.32. The Labute approximate surface area is 210 Å². The normalized spacial score (nSPS) is 13.5. The maximum absolute atomic E-state index is 13.1. The van der Waals surface area contributed by atoms with Crippen molar-refractivity contribution in [2.24, 2.45) is 5.92 Å². The van der Waals surface area contributed by atoms with Gasteiger partial charge in [-0.05, 0) is 49.4 Å². The van der Waals surface area contributed by atoms with Crippen LogP contribution in [0.25, 0.3) is 11.0 Å². The van der Waals surface area contributed by atoms with E-state index >= 15 is 0 Å². The number of sulfonamides is 1. The lowest BCUT2D eigenvalue weighted by Crippen LogP contribution is -2.46. The molecule has 2 atom stereocenters. The Balaban J connectivity index is 1.92. The zero-order chi connectivity index (χ0) is 25.8. The van der Waals surface area contributed by atoms with Gasteiger partial charge in [-0.2, -0.15) is 4.72 Å². The summed E-state index contributed by atoms with van der Waals surface area (Å²) >= 11 is 6.42. The van der Waals surface area contributed by atoms with Crippen LogP contribution in [-0.2, 0) is 21.2 Å². The molecule has 0 radical (unpaired) electrons. The number of carbonyl (C=O) groups excluding carboxylic acids is 1. The monoisotopic (exact) mass is 519 g/mol. The number of ether oxygens (including phenoxy) is 1. The van der Waals surface area contributed by atoms with Crippen molar-refractivity contribution < 1.29 is 22.4 Å². The molecule has 7 nitrogen and oxygen atoms in total. The van der Waals surface area contributed by atoms with E-state index in [9.17, 15) is 18.0 Å². The van der Waals surface area contributed by atoms with Crippen LogP contribution in [0.5, 0.6) is 5.75 Å². The molecule has 2 aromatic carbocycles. The van der Waals surface area contributed by atoms with Gasteiger partial charge in [0.2, 0.25) is 10.0 Å². The van der Waals surface area contributed by atoms with E-state index in [1.54, 1.807) is 25.1 Å². The molecule has 0 aliphatic rings. The first-order chi connectivity index (χ1) is 16.6. The second kappa shape index (κ2) is 11.4. The number of benzene rings is 2. The lowest BCUT2D eigenvalue weighted by molar-refractivity contribution is -0.137. The number of esters is 1. The molecule has 0 aliphatic carbocycles. The van der Waals surface area contributed by atoms with Gasteiger partial charge < -0.3 is 9.15 Å². The predicted molar refractivity (Wildman–Crippen MR) is 136 cm³/mol. The summed E-state index contributed by atoms with van der Waals surface area (Å²) in [5.74, 6) is -1.18. The average molecular weight is 520 g/mol. The minimum absolute atomic E-state index is 0.0113. The van der Waals surface area contributed by atoms with Crippen LogP contribution in [0.3, 0.4) is 0 Å². The molecule has 0 spiro atoms. The number of unbranched alkanes of at least 4 members (excludes halogenated alkanes) is 1. The SMILES string of the molecule is CCCCc1cc(=O)oc2cc(OC(=O)[C@H](NS(=O)(=O)c3ccc(C)cc3)[C@@H](C)CC)c(Cl)cc12. The molecule has 9 heteroatoms. The third-order valence-electron chi connectivity index (χ3n) is 5.97. The van der Waals surface area contributed by atoms with Crippen molar-refractivity contribution in [3.05, 3.63) is 69.0 Å². The number of hydrogen-bond donors (Lipinski definition) is 1. The molecule has 1 N–H and O–H groups in total. The Morgan fingerprint density at radius 2 is 1.83 bits per heavy atom. The predicted octanol–water partition coefficient (Wildman–Crippen LogP) is 5.40. The van der Waals surface area contributed by atoms with Crippen LogP contribution in [0.1, 0.15) is 51.2 Å². The van der Waals surface area contributed by atoms with Gasteiger partial charge in [-0.15, -0.1) is 0 Å². The van der Waals surface area contributed by atoms with E-state index in [1.807, 2.05) is 13.8 Å². The Morgan fingerprint density at radius 1 is 1.14 bits per heavy atom. The minimum atomic E-state index is -3.98. The Kier molecular flexibility index (Phi) is 8.74. The molecule has 3 rings (SSSR count). The first-order valence-electron chi connectivity index (χ1n) is 11.6. The first kappa shape index (κ1) is 26.9. The fraction of sp³-hybridized carbons (Fsp3) is 0.385. The van der Waals surface area contributed by atoms with Crippen LogP contribution in [0.4, 0.5) is 0 Å². The van der Waals surface area contributed by atoms with Crippen LogP contribution in [0, 0.1) is 12.8 Å². The maximum Gasteiger partial charge on any atom is 0.336 e. The van der Waals surface area contributed by atoms with E-state index in [4.69, 9.17) is 20.8 Å². The second-order valence-electron chi connectivity index (χ2n) is 8.69. The van der Waals surface area contributed by atoms with E-state index in [-0.39, 0.29) is 27.2 Å². The summed E-state index contributed by atoms with van der Waals surface area (Å²) < 4.78 is 39.2. The lowest BCUT2D eigenvalue weighted by Gasteiger charge is -2.23.